The first-order valence-electron chi connectivity index (χ1n) is 14.3. The predicted octanol–water partition coefficient (Wildman–Crippen LogP) is 3.91. The predicted molar refractivity (Wildman–Crippen MR) is 163 cm³/mol. The van der Waals surface area contributed by atoms with Gasteiger partial charge in [-0.05, 0) is 48.1 Å². The molecule has 2 aliphatic rings. The van der Waals surface area contributed by atoms with Crippen LogP contribution in [-0.4, -0.2) is 59.1 Å². The van der Waals surface area contributed by atoms with E-state index in [0.29, 0.717) is 36.3 Å². The summed E-state index contributed by atoms with van der Waals surface area (Å²) < 4.78 is 0. The van der Waals surface area contributed by atoms with E-state index in [1.165, 1.54) is 0 Å². The number of amides is 2. The molecule has 2 fully saturated rings. The van der Waals surface area contributed by atoms with Crippen LogP contribution in [0.2, 0.25) is 0 Å². The molecule has 0 aromatic heterocycles. The van der Waals surface area contributed by atoms with Crippen LogP contribution in [0.15, 0.2) is 84.9 Å². The summed E-state index contributed by atoms with van der Waals surface area (Å²) in [5.74, 6) is -2.49. The van der Waals surface area contributed by atoms with Gasteiger partial charge in [0, 0.05) is 41.6 Å². The van der Waals surface area contributed by atoms with Crippen LogP contribution in [-0.2, 0) is 20.1 Å². The lowest BCUT2D eigenvalue weighted by Gasteiger charge is -2.41. The van der Waals surface area contributed by atoms with Gasteiger partial charge in [0.05, 0.1) is 0 Å². The standard InChI is InChI=1S/C33H35N3O5S/c37-30-26-17-25(15-16-28(26)34-18-27(30)33(40)41)35-32(39)29(20-42-19-21-7-3-1-4-8-21)36-31(38)24-13-11-23(12-14-24)22-9-5-2-6-10-22/h1-14,25-29,34H,15-20H2,(H,35,39)(H,36,38)(H,40,41)/t25?,26?,27?,28?,29-/m0/s1. The molecule has 0 bridgehead atoms. The number of benzene rings is 3. The summed E-state index contributed by atoms with van der Waals surface area (Å²) in [6.45, 7) is 0.144. The molecule has 8 nitrogen and oxygen atoms in total. The Balaban J connectivity index is 1.25. The van der Waals surface area contributed by atoms with Crippen molar-refractivity contribution in [2.45, 2.75) is 43.1 Å². The van der Waals surface area contributed by atoms with E-state index in [1.54, 1.807) is 23.9 Å². The highest BCUT2D eigenvalue weighted by Gasteiger charge is 2.44. The van der Waals surface area contributed by atoms with Gasteiger partial charge in [-0.1, -0.05) is 72.8 Å². The topological polar surface area (TPSA) is 125 Å². The van der Waals surface area contributed by atoms with Crippen LogP contribution in [0.4, 0.5) is 0 Å². The summed E-state index contributed by atoms with van der Waals surface area (Å²) in [5, 5.41) is 18.6. The molecule has 0 radical (unpaired) electrons. The molecule has 218 valence electrons. The van der Waals surface area contributed by atoms with E-state index in [9.17, 15) is 24.3 Å². The number of ketones is 1. The Labute approximate surface area is 249 Å². The van der Waals surface area contributed by atoms with E-state index in [1.807, 2.05) is 72.8 Å². The summed E-state index contributed by atoms with van der Waals surface area (Å²) in [7, 11) is 0. The van der Waals surface area contributed by atoms with Gasteiger partial charge in [-0.3, -0.25) is 19.2 Å². The quantitative estimate of drug-likeness (QED) is 0.266. The first kappa shape index (κ1) is 29.5. The van der Waals surface area contributed by atoms with E-state index in [0.717, 1.165) is 16.7 Å². The number of carboxylic acids is 1. The number of rotatable bonds is 10. The molecule has 5 rings (SSSR count). The summed E-state index contributed by atoms with van der Waals surface area (Å²) in [6, 6.07) is 26.0. The van der Waals surface area contributed by atoms with Crippen molar-refractivity contribution in [1.82, 2.24) is 16.0 Å². The van der Waals surface area contributed by atoms with Crippen molar-refractivity contribution in [3.63, 3.8) is 0 Å². The second-order valence-corrected chi connectivity index (χ2v) is 11.9. The van der Waals surface area contributed by atoms with Gasteiger partial charge in [0.2, 0.25) is 5.91 Å². The SMILES string of the molecule is O=C(N[C@@H](CSCc1ccccc1)C(=O)NC1CCC2NCC(C(=O)O)C(=O)C2C1)c1ccc(-c2ccccc2)cc1. The highest BCUT2D eigenvalue weighted by atomic mass is 32.2. The van der Waals surface area contributed by atoms with E-state index in [-0.39, 0.29) is 36.2 Å². The zero-order valence-electron chi connectivity index (χ0n) is 23.2. The van der Waals surface area contributed by atoms with E-state index in [4.69, 9.17) is 0 Å². The third-order valence-corrected chi connectivity index (χ3v) is 9.17. The molecule has 3 aromatic carbocycles. The molecule has 42 heavy (non-hydrogen) atoms. The average Bonchev–Trinajstić information content (AvgIpc) is 3.01. The number of carboxylic acid groups (broad SMARTS) is 1. The van der Waals surface area contributed by atoms with Crippen LogP contribution in [0.25, 0.3) is 11.1 Å². The fraction of sp³-hybridized carbons (Fsp3) is 0.333. The maximum Gasteiger partial charge on any atom is 0.315 e. The van der Waals surface area contributed by atoms with E-state index >= 15 is 0 Å². The first-order chi connectivity index (χ1) is 20.4. The Bertz CT molecular complexity index is 1400. The van der Waals surface area contributed by atoms with Gasteiger partial charge >= 0.3 is 5.97 Å². The van der Waals surface area contributed by atoms with Gasteiger partial charge in [-0.2, -0.15) is 11.8 Å². The largest absolute Gasteiger partial charge is 0.481 e. The van der Waals surface area contributed by atoms with Crippen LogP contribution in [0.3, 0.4) is 0 Å². The molecule has 9 heteroatoms. The lowest BCUT2D eigenvalue weighted by atomic mass is 9.73. The third kappa shape index (κ3) is 7.27. The van der Waals surface area contributed by atoms with Crippen molar-refractivity contribution >= 4 is 35.3 Å². The van der Waals surface area contributed by atoms with Crippen LogP contribution < -0.4 is 16.0 Å². The maximum absolute atomic E-state index is 13.5. The number of Topliss-reactive ketones (excluding diaryl/α,β-unsaturated/α-hetero) is 1. The number of nitrogens with one attached hydrogen (secondary N) is 3. The van der Waals surface area contributed by atoms with E-state index in [2.05, 4.69) is 16.0 Å². The Morgan fingerprint density at radius 1 is 0.905 bits per heavy atom. The minimum absolute atomic E-state index is 0.0722. The summed E-state index contributed by atoms with van der Waals surface area (Å²) >= 11 is 1.56. The minimum atomic E-state index is -1.12. The number of carbonyl (C=O) groups is 4. The van der Waals surface area contributed by atoms with Gasteiger partial charge in [-0.25, -0.2) is 0 Å². The molecule has 1 heterocycles. The Hall–Kier alpha value is -3.95. The molecule has 1 saturated heterocycles. The van der Waals surface area contributed by atoms with Crippen molar-refractivity contribution in [2.24, 2.45) is 11.8 Å². The monoisotopic (exact) mass is 585 g/mol. The fourth-order valence-corrected chi connectivity index (χ4v) is 6.75. The maximum atomic E-state index is 13.5. The highest BCUT2D eigenvalue weighted by Crippen LogP contribution is 2.31. The minimum Gasteiger partial charge on any atom is -0.481 e. The molecule has 1 saturated carbocycles. The Morgan fingerprint density at radius 3 is 2.26 bits per heavy atom. The molecule has 4 unspecified atom stereocenters. The molecule has 5 atom stereocenters. The van der Waals surface area contributed by atoms with Crippen molar-refractivity contribution in [2.75, 3.05) is 12.3 Å². The van der Waals surface area contributed by atoms with Crippen LogP contribution in [0.1, 0.15) is 35.2 Å². The Kier molecular flexibility index (Phi) is 9.71. The third-order valence-electron chi connectivity index (χ3n) is 8.06. The summed E-state index contributed by atoms with van der Waals surface area (Å²) in [6.07, 6.45) is 1.72. The van der Waals surface area contributed by atoms with Gasteiger partial charge in [0.15, 0.2) is 5.78 Å². The second-order valence-electron chi connectivity index (χ2n) is 10.9. The van der Waals surface area contributed by atoms with Crippen molar-refractivity contribution in [1.29, 1.82) is 0 Å². The average molecular weight is 586 g/mol. The number of piperidine rings is 1. The van der Waals surface area contributed by atoms with Crippen molar-refractivity contribution in [3.05, 3.63) is 96.1 Å². The zero-order chi connectivity index (χ0) is 29.5. The zero-order valence-corrected chi connectivity index (χ0v) is 24.0. The molecule has 1 aliphatic carbocycles. The summed E-state index contributed by atoms with van der Waals surface area (Å²) in [4.78, 5) is 51.2. The molecule has 0 spiro atoms. The number of hydrogen-bond acceptors (Lipinski definition) is 6. The molecule has 4 N–H and O–H groups in total. The molecular weight excluding hydrogens is 550 g/mol. The smallest absolute Gasteiger partial charge is 0.315 e. The first-order valence-corrected chi connectivity index (χ1v) is 15.4. The van der Waals surface area contributed by atoms with Crippen LogP contribution >= 0.6 is 11.8 Å². The van der Waals surface area contributed by atoms with Gasteiger partial charge in [-0.15, -0.1) is 0 Å². The lowest BCUT2D eigenvalue weighted by Crippen LogP contribution is -2.59. The number of thioether (sulfide) groups is 1. The van der Waals surface area contributed by atoms with Crippen molar-refractivity contribution < 1.29 is 24.3 Å². The number of hydrogen-bond donors (Lipinski definition) is 4. The number of carbonyl (C=O) groups excluding carboxylic acids is 3. The van der Waals surface area contributed by atoms with E-state index < -0.39 is 23.8 Å². The van der Waals surface area contributed by atoms with Crippen LogP contribution in [0.5, 0.6) is 0 Å². The lowest BCUT2D eigenvalue weighted by molar-refractivity contribution is -0.150. The fourth-order valence-electron chi connectivity index (χ4n) is 5.74. The van der Waals surface area contributed by atoms with Crippen LogP contribution in [0, 0.1) is 11.8 Å². The van der Waals surface area contributed by atoms with Gasteiger partial charge in [0.1, 0.15) is 12.0 Å². The number of fused-ring (bicyclic) bond motifs is 1. The van der Waals surface area contributed by atoms with Crippen molar-refractivity contribution in [3.8, 4) is 11.1 Å². The Morgan fingerprint density at radius 2 is 1.57 bits per heavy atom. The van der Waals surface area contributed by atoms with Gasteiger partial charge in [0.25, 0.3) is 5.91 Å². The highest BCUT2D eigenvalue weighted by molar-refractivity contribution is 7.98. The second kappa shape index (κ2) is 13.8. The molecular formula is C33H35N3O5S. The molecule has 3 aromatic rings. The summed E-state index contributed by atoms with van der Waals surface area (Å²) in [5.41, 5.74) is 3.63. The molecule has 2 amide bonds. The normalized spacial score (nSPS) is 22.4. The molecule has 1 aliphatic heterocycles. The number of aliphatic carboxylic acids is 1. The van der Waals surface area contributed by atoms with Gasteiger partial charge < -0.3 is 21.1 Å².